The fourth-order valence-electron chi connectivity index (χ4n) is 2.14. The zero-order valence-corrected chi connectivity index (χ0v) is 12.2. The number of aromatic nitrogens is 2. The van der Waals surface area contributed by atoms with Gasteiger partial charge in [-0.05, 0) is 25.1 Å². The van der Waals surface area contributed by atoms with Crippen molar-refractivity contribution in [2.45, 2.75) is 6.92 Å². The molecule has 1 heterocycles. The van der Waals surface area contributed by atoms with Crippen LogP contribution in [0.15, 0.2) is 66.7 Å². The minimum Gasteiger partial charge on any atom is -0.290 e. The van der Waals surface area contributed by atoms with E-state index in [1.165, 1.54) is 0 Å². The quantitative estimate of drug-likeness (QED) is 0.799. The van der Waals surface area contributed by atoms with Crippen LogP contribution in [0.1, 0.15) is 16.1 Å². The Bertz CT molecular complexity index is 786. The number of rotatable bonds is 3. The standard InChI is InChI=1S/C18H15N3O/c1-13-12-16(14-8-4-2-5-9-14)20-18(19-13)21-17(22)15-10-6-3-7-11-15/h2-12H,1H3,(H,19,20,21,22). The molecule has 0 aliphatic heterocycles. The van der Waals surface area contributed by atoms with E-state index in [0.717, 1.165) is 17.0 Å². The third-order valence-electron chi connectivity index (χ3n) is 3.19. The molecule has 3 aromatic rings. The Kier molecular flexibility index (Phi) is 3.92. The normalized spacial score (nSPS) is 10.2. The molecule has 0 aliphatic carbocycles. The molecule has 1 aromatic heterocycles. The van der Waals surface area contributed by atoms with Gasteiger partial charge in [0, 0.05) is 16.8 Å². The fourth-order valence-corrected chi connectivity index (χ4v) is 2.14. The van der Waals surface area contributed by atoms with Crippen molar-refractivity contribution in [3.63, 3.8) is 0 Å². The summed E-state index contributed by atoms with van der Waals surface area (Å²) in [5, 5.41) is 2.75. The Morgan fingerprint density at radius 2 is 1.55 bits per heavy atom. The van der Waals surface area contributed by atoms with Gasteiger partial charge in [-0.15, -0.1) is 0 Å². The van der Waals surface area contributed by atoms with E-state index < -0.39 is 0 Å². The molecule has 0 saturated heterocycles. The van der Waals surface area contributed by atoms with Crippen molar-refractivity contribution in [3.05, 3.63) is 78.0 Å². The van der Waals surface area contributed by atoms with E-state index in [1.54, 1.807) is 12.1 Å². The summed E-state index contributed by atoms with van der Waals surface area (Å²) in [6.07, 6.45) is 0. The second-order valence-electron chi connectivity index (χ2n) is 4.90. The first-order chi connectivity index (χ1) is 10.7. The molecule has 0 unspecified atom stereocenters. The first kappa shape index (κ1) is 13.9. The van der Waals surface area contributed by atoms with Crippen LogP contribution in [0.2, 0.25) is 0 Å². The zero-order chi connectivity index (χ0) is 15.4. The number of hydrogen-bond acceptors (Lipinski definition) is 3. The minimum atomic E-state index is -0.217. The smallest absolute Gasteiger partial charge is 0.258 e. The van der Waals surface area contributed by atoms with Crippen LogP contribution < -0.4 is 5.32 Å². The molecule has 4 nitrogen and oxygen atoms in total. The van der Waals surface area contributed by atoms with Gasteiger partial charge in [-0.1, -0.05) is 48.5 Å². The maximum Gasteiger partial charge on any atom is 0.258 e. The number of benzene rings is 2. The number of nitrogens with zero attached hydrogens (tertiary/aromatic N) is 2. The number of carbonyl (C=O) groups excluding carboxylic acids is 1. The van der Waals surface area contributed by atoms with Gasteiger partial charge in [-0.3, -0.25) is 10.1 Å². The number of hydrogen-bond donors (Lipinski definition) is 1. The summed E-state index contributed by atoms with van der Waals surface area (Å²) in [4.78, 5) is 20.9. The summed E-state index contributed by atoms with van der Waals surface area (Å²) in [7, 11) is 0. The molecule has 1 amide bonds. The van der Waals surface area contributed by atoms with E-state index in [4.69, 9.17) is 0 Å². The van der Waals surface area contributed by atoms with Crippen molar-refractivity contribution < 1.29 is 4.79 Å². The van der Waals surface area contributed by atoms with Crippen molar-refractivity contribution in [3.8, 4) is 11.3 Å². The lowest BCUT2D eigenvalue weighted by Crippen LogP contribution is -2.14. The van der Waals surface area contributed by atoms with Crippen LogP contribution in [0.25, 0.3) is 11.3 Å². The van der Waals surface area contributed by atoms with Gasteiger partial charge in [-0.25, -0.2) is 9.97 Å². The molecule has 0 bridgehead atoms. The SMILES string of the molecule is Cc1cc(-c2ccccc2)nc(NC(=O)c2ccccc2)n1. The van der Waals surface area contributed by atoms with E-state index in [9.17, 15) is 4.79 Å². The lowest BCUT2D eigenvalue weighted by atomic mass is 10.1. The highest BCUT2D eigenvalue weighted by Crippen LogP contribution is 2.19. The molecule has 108 valence electrons. The first-order valence-electron chi connectivity index (χ1n) is 7.00. The third kappa shape index (κ3) is 3.17. The van der Waals surface area contributed by atoms with Crippen molar-refractivity contribution in [1.82, 2.24) is 9.97 Å². The maximum atomic E-state index is 12.2. The van der Waals surface area contributed by atoms with E-state index in [2.05, 4.69) is 15.3 Å². The molecule has 4 heteroatoms. The van der Waals surface area contributed by atoms with Gasteiger partial charge in [0.25, 0.3) is 5.91 Å². The van der Waals surface area contributed by atoms with Gasteiger partial charge in [0.05, 0.1) is 5.69 Å². The first-order valence-corrected chi connectivity index (χ1v) is 7.00. The molecule has 0 atom stereocenters. The van der Waals surface area contributed by atoms with Crippen LogP contribution >= 0.6 is 0 Å². The molecule has 1 N–H and O–H groups in total. The van der Waals surface area contributed by atoms with Gasteiger partial charge in [0.2, 0.25) is 5.95 Å². The number of amides is 1. The second-order valence-corrected chi connectivity index (χ2v) is 4.90. The van der Waals surface area contributed by atoms with Crippen molar-refractivity contribution >= 4 is 11.9 Å². The van der Waals surface area contributed by atoms with Crippen LogP contribution in [-0.2, 0) is 0 Å². The van der Waals surface area contributed by atoms with Gasteiger partial charge >= 0.3 is 0 Å². The Labute approximate surface area is 128 Å². The van der Waals surface area contributed by atoms with E-state index in [1.807, 2.05) is 61.5 Å². The number of nitrogens with one attached hydrogen (secondary N) is 1. The van der Waals surface area contributed by atoms with Crippen LogP contribution in [-0.4, -0.2) is 15.9 Å². The minimum absolute atomic E-state index is 0.217. The summed E-state index contributed by atoms with van der Waals surface area (Å²) in [6.45, 7) is 1.88. The zero-order valence-electron chi connectivity index (χ0n) is 12.2. The van der Waals surface area contributed by atoms with Crippen molar-refractivity contribution in [2.75, 3.05) is 5.32 Å². The lowest BCUT2D eigenvalue weighted by molar-refractivity contribution is 0.102. The Hall–Kier alpha value is -3.01. The number of carbonyl (C=O) groups is 1. The van der Waals surface area contributed by atoms with Crippen LogP contribution in [0, 0.1) is 6.92 Å². The monoisotopic (exact) mass is 289 g/mol. The number of anilines is 1. The second kappa shape index (κ2) is 6.18. The molecule has 0 aliphatic rings. The summed E-state index contributed by atoms with van der Waals surface area (Å²) < 4.78 is 0. The lowest BCUT2D eigenvalue weighted by Gasteiger charge is -2.07. The highest BCUT2D eigenvalue weighted by molar-refractivity contribution is 6.03. The Morgan fingerprint density at radius 1 is 0.909 bits per heavy atom. The fraction of sp³-hybridized carbons (Fsp3) is 0.0556. The molecule has 0 spiro atoms. The van der Waals surface area contributed by atoms with Crippen LogP contribution in [0.3, 0.4) is 0 Å². The predicted octanol–water partition coefficient (Wildman–Crippen LogP) is 3.70. The highest BCUT2D eigenvalue weighted by Gasteiger charge is 2.09. The number of aryl methyl sites for hydroxylation is 1. The topological polar surface area (TPSA) is 54.9 Å². The molecule has 0 fully saturated rings. The summed E-state index contributed by atoms with van der Waals surface area (Å²) in [5.74, 6) is 0.0953. The molecule has 3 rings (SSSR count). The van der Waals surface area contributed by atoms with Crippen molar-refractivity contribution in [1.29, 1.82) is 0 Å². The maximum absolute atomic E-state index is 12.2. The largest absolute Gasteiger partial charge is 0.290 e. The predicted molar refractivity (Wildman–Crippen MR) is 86.6 cm³/mol. The van der Waals surface area contributed by atoms with E-state index in [0.29, 0.717) is 11.5 Å². The molecule has 0 saturated carbocycles. The van der Waals surface area contributed by atoms with Crippen LogP contribution in [0.4, 0.5) is 5.95 Å². The molecular weight excluding hydrogens is 274 g/mol. The summed E-state index contributed by atoms with van der Waals surface area (Å²) in [6, 6.07) is 20.7. The Balaban J connectivity index is 1.89. The average molecular weight is 289 g/mol. The third-order valence-corrected chi connectivity index (χ3v) is 3.19. The Morgan fingerprint density at radius 3 is 2.23 bits per heavy atom. The molecule has 0 radical (unpaired) electrons. The van der Waals surface area contributed by atoms with E-state index >= 15 is 0 Å². The van der Waals surface area contributed by atoms with Gasteiger partial charge in [0.15, 0.2) is 0 Å². The summed E-state index contributed by atoms with van der Waals surface area (Å²) in [5.41, 5.74) is 3.16. The molecule has 2 aromatic carbocycles. The molecule has 22 heavy (non-hydrogen) atoms. The van der Waals surface area contributed by atoms with Crippen molar-refractivity contribution in [2.24, 2.45) is 0 Å². The summed E-state index contributed by atoms with van der Waals surface area (Å²) >= 11 is 0. The van der Waals surface area contributed by atoms with Gasteiger partial charge in [0.1, 0.15) is 0 Å². The van der Waals surface area contributed by atoms with E-state index in [-0.39, 0.29) is 5.91 Å². The molecular formula is C18H15N3O. The van der Waals surface area contributed by atoms with Gasteiger partial charge in [-0.2, -0.15) is 0 Å². The van der Waals surface area contributed by atoms with Gasteiger partial charge < -0.3 is 0 Å². The van der Waals surface area contributed by atoms with Crippen LogP contribution in [0.5, 0.6) is 0 Å². The highest BCUT2D eigenvalue weighted by atomic mass is 16.1. The average Bonchev–Trinajstić information content (AvgIpc) is 2.56.